The second-order valence-electron chi connectivity index (χ2n) is 7.22. The highest BCUT2D eigenvalue weighted by Crippen LogP contribution is 2.25. The third-order valence-corrected chi connectivity index (χ3v) is 5.17. The van der Waals surface area contributed by atoms with Crippen LogP contribution in [0.3, 0.4) is 0 Å². The van der Waals surface area contributed by atoms with Crippen molar-refractivity contribution in [3.63, 3.8) is 0 Å². The third kappa shape index (κ3) is 4.62. The maximum Gasteiger partial charge on any atom is 0.254 e. The minimum absolute atomic E-state index is 0.195. The number of halogens is 1. The van der Waals surface area contributed by atoms with E-state index in [2.05, 4.69) is 11.1 Å². The van der Waals surface area contributed by atoms with Gasteiger partial charge < -0.3 is 19.0 Å². The maximum absolute atomic E-state index is 13.4. The van der Waals surface area contributed by atoms with Crippen LogP contribution in [0.2, 0.25) is 0 Å². The summed E-state index contributed by atoms with van der Waals surface area (Å²) in [6, 6.07) is 15.3. The number of carbonyl (C=O) groups excluding carboxylic acids is 1. The molecule has 0 saturated carbocycles. The van der Waals surface area contributed by atoms with Crippen molar-refractivity contribution < 1.29 is 18.3 Å². The number of benzene rings is 2. The number of hydrogen-bond donors (Lipinski definition) is 0. The highest BCUT2D eigenvalue weighted by atomic mass is 19.1. The second-order valence-corrected chi connectivity index (χ2v) is 7.22. The molecule has 2 aromatic carbocycles. The number of rotatable bonds is 5. The first-order valence-corrected chi connectivity index (χ1v) is 10.1. The monoisotopic (exact) mass is 432 g/mol. The van der Waals surface area contributed by atoms with E-state index in [1.54, 1.807) is 24.2 Å². The number of nitrogens with zero attached hydrogens (tertiary/aromatic N) is 4. The topological polar surface area (TPSA) is 82.6 Å². The average Bonchev–Trinajstić information content (AvgIpc) is 3.26. The molecule has 0 unspecified atom stereocenters. The molecule has 1 aliphatic rings. The first-order valence-electron chi connectivity index (χ1n) is 10.1. The molecule has 1 aliphatic heterocycles. The van der Waals surface area contributed by atoms with E-state index >= 15 is 0 Å². The van der Waals surface area contributed by atoms with Crippen LogP contribution < -0.4 is 9.64 Å². The maximum atomic E-state index is 13.4. The summed E-state index contributed by atoms with van der Waals surface area (Å²) in [6.45, 7) is 1.81. The lowest BCUT2D eigenvalue weighted by Gasteiger charge is -2.34. The van der Waals surface area contributed by atoms with Gasteiger partial charge in [-0.05, 0) is 42.0 Å². The molecule has 162 valence electrons. The fourth-order valence-corrected chi connectivity index (χ4v) is 3.52. The van der Waals surface area contributed by atoms with E-state index in [9.17, 15) is 14.4 Å². The van der Waals surface area contributed by atoms with Crippen LogP contribution in [0, 0.1) is 17.1 Å². The Labute approximate surface area is 185 Å². The number of oxazole rings is 1. The van der Waals surface area contributed by atoms with Crippen LogP contribution in [0.1, 0.15) is 27.5 Å². The molecule has 1 aromatic heterocycles. The van der Waals surface area contributed by atoms with Crippen molar-refractivity contribution in [1.29, 1.82) is 5.26 Å². The Morgan fingerprint density at radius 1 is 1.16 bits per heavy atom. The zero-order chi connectivity index (χ0) is 22.5. The van der Waals surface area contributed by atoms with E-state index in [4.69, 9.17) is 9.15 Å². The Hall–Kier alpha value is -4.12. The molecular formula is C24H21FN4O3. The first-order chi connectivity index (χ1) is 15.6. The van der Waals surface area contributed by atoms with Gasteiger partial charge in [-0.3, -0.25) is 4.79 Å². The summed E-state index contributed by atoms with van der Waals surface area (Å²) in [5, 5.41) is 9.49. The van der Waals surface area contributed by atoms with Crippen molar-refractivity contribution in [3.8, 4) is 11.8 Å². The Bertz CT molecular complexity index is 1190. The van der Waals surface area contributed by atoms with Gasteiger partial charge >= 0.3 is 0 Å². The standard InChI is InChI=1S/C24H21FN4O3/c1-31-20-7-2-4-17(14-20)8-9-22-27-21(16-26)24(32-22)29-12-10-28(11-13-29)23(30)18-5-3-6-19(25)15-18/h2-9,14-15H,10-13H2,1H3. The smallest absolute Gasteiger partial charge is 0.254 e. The van der Waals surface area contributed by atoms with Gasteiger partial charge in [-0.1, -0.05) is 18.2 Å². The van der Waals surface area contributed by atoms with Gasteiger partial charge in [-0.2, -0.15) is 10.2 Å². The number of aromatic nitrogens is 1. The molecule has 7 nitrogen and oxygen atoms in total. The molecule has 0 atom stereocenters. The number of nitriles is 1. The molecule has 1 saturated heterocycles. The Balaban J connectivity index is 1.44. The Morgan fingerprint density at radius 3 is 2.66 bits per heavy atom. The van der Waals surface area contributed by atoms with Crippen molar-refractivity contribution in [2.75, 3.05) is 38.2 Å². The Kier molecular flexibility index (Phi) is 6.17. The molecule has 0 N–H and O–H groups in total. The number of ether oxygens (including phenoxy) is 1. The van der Waals surface area contributed by atoms with Gasteiger partial charge in [0.2, 0.25) is 17.5 Å². The number of anilines is 1. The first kappa shape index (κ1) is 21.1. The van der Waals surface area contributed by atoms with Gasteiger partial charge in [0.05, 0.1) is 7.11 Å². The van der Waals surface area contributed by atoms with Gasteiger partial charge in [-0.15, -0.1) is 0 Å². The number of piperazine rings is 1. The normalized spacial score (nSPS) is 13.9. The minimum Gasteiger partial charge on any atom is -0.497 e. The lowest BCUT2D eigenvalue weighted by atomic mass is 10.1. The molecule has 0 aliphatic carbocycles. The third-order valence-electron chi connectivity index (χ3n) is 5.17. The highest BCUT2D eigenvalue weighted by molar-refractivity contribution is 5.94. The Morgan fingerprint density at radius 2 is 1.94 bits per heavy atom. The van der Waals surface area contributed by atoms with Crippen LogP contribution in [0.25, 0.3) is 12.2 Å². The van der Waals surface area contributed by atoms with Gasteiger partial charge in [-0.25, -0.2) is 4.39 Å². The largest absolute Gasteiger partial charge is 0.497 e. The van der Waals surface area contributed by atoms with Gasteiger partial charge in [0.1, 0.15) is 17.6 Å². The fourth-order valence-electron chi connectivity index (χ4n) is 3.52. The lowest BCUT2D eigenvalue weighted by Crippen LogP contribution is -2.48. The van der Waals surface area contributed by atoms with E-state index in [0.29, 0.717) is 43.5 Å². The number of amides is 1. The summed E-state index contributed by atoms with van der Waals surface area (Å²) in [4.78, 5) is 20.4. The molecule has 3 aromatic rings. The second kappa shape index (κ2) is 9.35. The predicted octanol–water partition coefficient (Wildman–Crippen LogP) is 3.83. The van der Waals surface area contributed by atoms with E-state index < -0.39 is 5.82 Å². The minimum atomic E-state index is -0.440. The van der Waals surface area contributed by atoms with Crippen LogP contribution in [-0.4, -0.2) is 49.1 Å². The van der Waals surface area contributed by atoms with Crippen LogP contribution in [-0.2, 0) is 0 Å². The van der Waals surface area contributed by atoms with Gasteiger partial charge in [0.25, 0.3) is 5.91 Å². The number of methoxy groups -OCH3 is 1. The van der Waals surface area contributed by atoms with Crippen LogP contribution in [0.4, 0.5) is 10.3 Å². The van der Waals surface area contributed by atoms with Crippen molar-refractivity contribution >= 4 is 23.9 Å². The van der Waals surface area contributed by atoms with Crippen molar-refractivity contribution in [2.45, 2.75) is 0 Å². The van der Waals surface area contributed by atoms with Crippen molar-refractivity contribution in [2.24, 2.45) is 0 Å². The predicted molar refractivity (Wildman–Crippen MR) is 118 cm³/mol. The SMILES string of the molecule is COc1cccc(C=Cc2nc(C#N)c(N3CCN(C(=O)c4cccc(F)c4)CC3)o2)c1. The molecule has 1 amide bonds. The van der Waals surface area contributed by atoms with E-state index in [0.717, 1.165) is 11.3 Å². The quantitative estimate of drug-likeness (QED) is 0.610. The van der Waals surface area contributed by atoms with E-state index in [1.165, 1.54) is 18.2 Å². The van der Waals surface area contributed by atoms with E-state index in [-0.39, 0.29) is 11.6 Å². The number of hydrogen-bond acceptors (Lipinski definition) is 6. The molecule has 8 heteroatoms. The van der Waals surface area contributed by atoms with Crippen LogP contribution in [0.5, 0.6) is 5.75 Å². The van der Waals surface area contributed by atoms with Crippen LogP contribution >= 0.6 is 0 Å². The summed E-state index contributed by atoms with van der Waals surface area (Å²) in [5.41, 5.74) is 1.42. The molecule has 0 bridgehead atoms. The van der Waals surface area contributed by atoms with Gasteiger partial charge in [0, 0.05) is 37.8 Å². The van der Waals surface area contributed by atoms with Crippen molar-refractivity contribution in [3.05, 3.63) is 77.1 Å². The zero-order valence-electron chi connectivity index (χ0n) is 17.5. The molecule has 0 spiro atoms. The van der Waals surface area contributed by atoms with Gasteiger partial charge in [0.15, 0.2) is 0 Å². The van der Waals surface area contributed by atoms with Crippen LogP contribution in [0.15, 0.2) is 52.9 Å². The zero-order valence-corrected chi connectivity index (χ0v) is 17.5. The summed E-state index contributed by atoms with van der Waals surface area (Å²) < 4.78 is 24.5. The summed E-state index contributed by atoms with van der Waals surface area (Å²) >= 11 is 0. The molecule has 1 fully saturated rings. The average molecular weight is 432 g/mol. The molecular weight excluding hydrogens is 411 g/mol. The van der Waals surface area contributed by atoms with E-state index in [1.807, 2.05) is 35.2 Å². The molecule has 2 heterocycles. The molecule has 0 radical (unpaired) electrons. The van der Waals surface area contributed by atoms with Crippen molar-refractivity contribution in [1.82, 2.24) is 9.88 Å². The highest BCUT2D eigenvalue weighted by Gasteiger charge is 2.26. The number of carbonyl (C=O) groups is 1. The molecule has 32 heavy (non-hydrogen) atoms. The molecule has 4 rings (SSSR count). The summed E-state index contributed by atoms with van der Waals surface area (Å²) in [7, 11) is 1.60. The summed E-state index contributed by atoms with van der Waals surface area (Å²) in [5.74, 6) is 0.783. The summed E-state index contributed by atoms with van der Waals surface area (Å²) in [6.07, 6.45) is 3.53. The lowest BCUT2D eigenvalue weighted by molar-refractivity contribution is 0.0745. The fraction of sp³-hybridized carbons (Fsp3) is 0.208.